The second kappa shape index (κ2) is 7.89. The lowest BCUT2D eigenvalue weighted by atomic mass is 9.78. The van der Waals surface area contributed by atoms with Crippen LogP contribution in [0.15, 0.2) is 12.1 Å². The van der Waals surface area contributed by atoms with Gasteiger partial charge in [-0.05, 0) is 37.8 Å². The fourth-order valence-corrected chi connectivity index (χ4v) is 4.97. The molecule has 2 saturated carbocycles. The lowest BCUT2D eigenvalue weighted by Crippen LogP contribution is -2.51. The number of aryl methyl sites for hydroxylation is 1. The van der Waals surface area contributed by atoms with Crippen molar-refractivity contribution in [2.45, 2.75) is 81.6 Å². The van der Waals surface area contributed by atoms with Gasteiger partial charge in [0.05, 0.1) is 6.10 Å². The van der Waals surface area contributed by atoms with Gasteiger partial charge < -0.3 is 4.74 Å². The molecule has 0 bridgehead atoms. The minimum absolute atomic E-state index is 0.279. The van der Waals surface area contributed by atoms with E-state index in [0.29, 0.717) is 0 Å². The second-order valence-electron chi connectivity index (χ2n) is 7.42. The van der Waals surface area contributed by atoms with Crippen molar-refractivity contribution in [1.82, 2.24) is 0 Å². The topological polar surface area (TPSA) is 9.23 Å². The number of rotatable bonds is 4. The smallest absolute Gasteiger partial charge is 0.317 e. The minimum Gasteiger partial charge on any atom is -0.317 e. The molecule has 4 atom stereocenters. The summed E-state index contributed by atoms with van der Waals surface area (Å²) in [6, 6.07) is 3.53. The van der Waals surface area contributed by atoms with E-state index in [9.17, 15) is 30.7 Å². The Morgan fingerprint density at radius 2 is 1.44 bits per heavy atom. The van der Waals surface area contributed by atoms with Crippen molar-refractivity contribution in [3.63, 3.8) is 0 Å². The van der Waals surface area contributed by atoms with Crippen molar-refractivity contribution >= 4 is 11.3 Å². The number of halogens is 7. The highest BCUT2D eigenvalue weighted by atomic mass is 32.1. The average Bonchev–Trinajstić information content (AvgIpc) is 2.97. The van der Waals surface area contributed by atoms with Crippen LogP contribution in [0, 0.1) is 12.8 Å². The molecule has 9 heteroatoms. The van der Waals surface area contributed by atoms with Crippen LogP contribution in [0.5, 0.6) is 0 Å². The van der Waals surface area contributed by atoms with Crippen molar-refractivity contribution in [2.75, 3.05) is 0 Å². The highest BCUT2D eigenvalue weighted by Crippen LogP contribution is 2.48. The first kappa shape index (κ1) is 20.9. The van der Waals surface area contributed by atoms with Crippen molar-refractivity contribution in [3.05, 3.63) is 21.9 Å². The van der Waals surface area contributed by atoms with Crippen molar-refractivity contribution < 1.29 is 35.5 Å². The van der Waals surface area contributed by atoms with E-state index in [2.05, 4.69) is 4.74 Å². The lowest BCUT2D eigenvalue weighted by molar-refractivity contribution is -0.321. The van der Waals surface area contributed by atoms with Crippen LogP contribution >= 0.6 is 11.3 Å². The Hall–Kier alpha value is -0.830. The molecule has 3 rings (SSSR count). The van der Waals surface area contributed by atoms with Crippen molar-refractivity contribution in [1.29, 1.82) is 0 Å². The zero-order valence-electron chi connectivity index (χ0n) is 14.6. The molecular formula is C18H21F7OS. The molecule has 0 radical (unpaired) electrons. The van der Waals surface area contributed by atoms with Gasteiger partial charge in [-0.2, -0.15) is 8.78 Å². The van der Waals surface area contributed by atoms with E-state index in [-0.39, 0.29) is 12.8 Å². The number of thiophene rings is 1. The van der Waals surface area contributed by atoms with Crippen LogP contribution in [0.3, 0.4) is 0 Å². The third kappa shape index (κ3) is 4.44. The molecular weight excluding hydrogens is 397 g/mol. The predicted octanol–water partition coefficient (Wildman–Crippen LogP) is 6.01. The van der Waals surface area contributed by atoms with Gasteiger partial charge in [0.2, 0.25) is 0 Å². The SMILES string of the molecule is Cc1ccc(C2CC(F)C(C(F)(F)OC3CC(F)C(F)C(F)C3)C(F)C2)s1. The van der Waals surface area contributed by atoms with Crippen LogP contribution in [0.4, 0.5) is 30.7 Å². The van der Waals surface area contributed by atoms with E-state index in [1.807, 2.05) is 6.92 Å². The van der Waals surface area contributed by atoms with Crippen LogP contribution in [0.1, 0.15) is 41.4 Å². The third-order valence-corrected chi connectivity index (χ3v) is 6.50. The molecule has 0 N–H and O–H groups in total. The van der Waals surface area contributed by atoms with Gasteiger partial charge in [0, 0.05) is 22.6 Å². The molecule has 27 heavy (non-hydrogen) atoms. The summed E-state index contributed by atoms with van der Waals surface area (Å²) in [6.07, 6.45) is -19.3. The molecule has 0 saturated heterocycles. The summed E-state index contributed by atoms with van der Waals surface area (Å²) in [7, 11) is 0. The molecule has 1 heterocycles. The molecule has 1 aromatic heterocycles. The number of hydrogen-bond donors (Lipinski definition) is 0. The fraction of sp³-hybridized carbons (Fsp3) is 0.778. The normalized spacial score (nSPS) is 40.9. The highest BCUT2D eigenvalue weighted by Gasteiger charge is 2.56. The largest absolute Gasteiger partial charge is 0.364 e. The van der Waals surface area contributed by atoms with Gasteiger partial charge in [0.15, 0.2) is 6.17 Å². The van der Waals surface area contributed by atoms with Gasteiger partial charge in [0.25, 0.3) is 0 Å². The Balaban J connectivity index is 1.67. The predicted molar refractivity (Wildman–Crippen MR) is 88.1 cm³/mol. The van der Waals surface area contributed by atoms with Crippen LogP contribution in [0.25, 0.3) is 0 Å². The number of alkyl halides is 7. The maximum atomic E-state index is 14.5. The maximum absolute atomic E-state index is 14.5. The van der Waals surface area contributed by atoms with Crippen LogP contribution in [0.2, 0.25) is 0 Å². The monoisotopic (exact) mass is 418 g/mol. The zero-order valence-corrected chi connectivity index (χ0v) is 15.4. The first-order chi connectivity index (χ1) is 12.6. The Labute approximate surface area is 156 Å². The minimum atomic E-state index is -4.23. The van der Waals surface area contributed by atoms with Gasteiger partial charge in [0.1, 0.15) is 30.6 Å². The first-order valence-electron chi connectivity index (χ1n) is 8.90. The van der Waals surface area contributed by atoms with E-state index in [4.69, 9.17) is 0 Å². The van der Waals surface area contributed by atoms with Gasteiger partial charge in [-0.25, -0.2) is 22.0 Å². The summed E-state index contributed by atoms with van der Waals surface area (Å²) in [4.78, 5) is 1.69. The van der Waals surface area contributed by atoms with E-state index >= 15 is 0 Å². The Kier molecular flexibility index (Phi) is 6.11. The van der Waals surface area contributed by atoms with E-state index in [0.717, 1.165) is 9.75 Å². The Morgan fingerprint density at radius 1 is 0.889 bits per heavy atom. The molecule has 2 aliphatic rings. The molecule has 0 aromatic carbocycles. The molecule has 1 nitrogen and oxygen atoms in total. The molecule has 0 aliphatic heterocycles. The number of hydrogen-bond acceptors (Lipinski definition) is 2. The van der Waals surface area contributed by atoms with E-state index in [1.54, 1.807) is 12.1 Å². The molecule has 1 aromatic rings. The quantitative estimate of drug-likeness (QED) is 0.544. The van der Waals surface area contributed by atoms with Crippen LogP contribution < -0.4 is 0 Å². The van der Waals surface area contributed by atoms with Crippen LogP contribution in [-0.2, 0) is 4.74 Å². The summed E-state index contributed by atoms with van der Waals surface area (Å²) in [5.74, 6) is -2.86. The Morgan fingerprint density at radius 3 is 1.93 bits per heavy atom. The standard InChI is InChI=1S/C18H21F7OS/c1-8-2-3-15(27-8)9-4-11(19)16(12(20)5-9)18(24,25)26-10-6-13(21)17(23)14(22)7-10/h2-3,9-14,16-17H,4-7H2,1H3. The first-order valence-corrected chi connectivity index (χ1v) is 9.72. The third-order valence-electron chi connectivity index (χ3n) is 5.34. The molecule has 2 aliphatic carbocycles. The van der Waals surface area contributed by atoms with Crippen LogP contribution in [-0.4, -0.2) is 43.1 Å². The Bertz CT molecular complexity index is 615. The fourth-order valence-electron chi connectivity index (χ4n) is 3.97. The molecule has 2 fully saturated rings. The lowest BCUT2D eigenvalue weighted by Gasteiger charge is -2.40. The van der Waals surface area contributed by atoms with Crippen molar-refractivity contribution in [3.8, 4) is 0 Å². The van der Waals surface area contributed by atoms with Gasteiger partial charge in [-0.15, -0.1) is 11.3 Å². The van der Waals surface area contributed by atoms with E-state index in [1.165, 1.54) is 11.3 Å². The van der Waals surface area contributed by atoms with Gasteiger partial charge in [-0.3, -0.25) is 0 Å². The average molecular weight is 418 g/mol. The molecule has 0 amide bonds. The summed E-state index contributed by atoms with van der Waals surface area (Å²) < 4.78 is 102. The molecule has 0 spiro atoms. The van der Waals surface area contributed by atoms with Crippen molar-refractivity contribution in [2.24, 2.45) is 5.92 Å². The summed E-state index contributed by atoms with van der Waals surface area (Å²) >= 11 is 1.37. The summed E-state index contributed by atoms with van der Waals surface area (Å²) in [6.45, 7) is 1.84. The van der Waals surface area contributed by atoms with E-state index < -0.39 is 67.7 Å². The number of ether oxygens (including phenoxy) is 1. The second-order valence-corrected chi connectivity index (χ2v) is 8.74. The summed E-state index contributed by atoms with van der Waals surface area (Å²) in [5.41, 5.74) is 0. The zero-order chi connectivity index (χ0) is 19.9. The van der Waals surface area contributed by atoms with Gasteiger partial charge in [-0.1, -0.05) is 0 Å². The maximum Gasteiger partial charge on any atom is 0.364 e. The molecule has 154 valence electrons. The van der Waals surface area contributed by atoms with Gasteiger partial charge >= 0.3 is 6.11 Å². The summed E-state index contributed by atoms with van der Waals surface area (Å²) in [5, 5.41) is 0. The molecule has 4 unspecified atom stereocenters. The highest BCUT2D eigenvalue weighted by molar-refractivity contribution is 7.12.